The number of nitrogens with one attached hydrogen (secondary N) is 1. The monoisotopic (exact) mass is 405 g/mol. The first-order valence-electron chi connectivity index (χ1n) is 10.4. The number of carbonyl (C=O) groups excluding carboxylic acids is 1. The first-order valence-corrected chi connectivity index (χ1v) is 10.4. The normalized spacial score (nSPS) is 14.8. The predicted octanol–water partition coefficient (Wildman–Crippen LogP) is 1.64. The highest BCUT2D eigenvalue weighted by Gasteiger charge is 2.17. The Morgan fingerprint density at radius 2 is 1.80 bits per heavy atom. The minimum absolute atomic E-state index is 0.0164. The van der Waals surface area contributed by atoms with Crippen LogP contribution in [0.25, 0.3) is 10.9 Å². The summed E-state index contributed by atoms with van der Waals surface area (Å²) >= 11 is 0. The second kappa shape index (κ2) is 9.09. The molecule has 0 unspecified atom stereocenters. The summed E-state index contributed by atoms with van der Waals surface area (Å²) in [5.74, 6) is -0.172. The molecule has 1 saturated heterocycles. The standard InChI is InChI=1S/C23H27N5O2/c1-18-6-5-9-20-22(18)25-17-28(23(20)30)16-21(29)24-10-11-26-12-14-27(15-13-26)19-7-3-2-4-8-19/h2-9,17H,10-16H2,1H3,(H,24,29). The molecule has 0 aliphatic carbocycles. The summed E-state index contributed by atoms with van der Waals surface area (Å²) in [5, 5.41) is 3.47. The molecule has 1 aliphatic heterocycles. The summed E-state index contributed by atoms with van der Waals surface area (Å²) in [6.07, 6.45) is 1.46. The molecule has 7 heteroatoms. The van der Waals surface area contributed by atoms with Crippen LogP contribution < -0.4 is 15.8 Å². The van der Waals surface area contributed by atoms with E-state index in [9.17, 15) is 9.59 Å². The minimum Gasteiger partial charge on any atom is -0.369 e. The highest BCUT2D eigenvalue weighted by molar-refractivity contribution is 5.81. The average molecular weight is 406 g/mol. The SMILES string of the molecule is Cc1cccc2c(=O)n(CC(=O)NCCN3CCN(c4ccccc4)CC3)cnc12. The lowest BCUT2D eigenvalue weighted by atomic mass is 10.1. The molecule has 3 aromatic rings. The molecule has 1 aromatic heterocycles. The molecule has 0 radical (unpaired) electrons. The zero-order valence-corrected chi connectivity index (χ0v) is 17.3. The van der Waals surface area contributed by atoms with Crippen LogP contribution in [0.3, 0.4) is 0 Å². The van der Waals surface area contributed by atoms with E-state index in [1.54, 1.807) is 6.07 Å². The van der Waals surface area contributed by atoms with Crippen molar-refractivity contribution < 1.29 is 4.79 Å². The van der Waals surface area contributed by atoms with Crippen molar-refractivity contribution in [3.8, 4) is 0 Å². The largest absolute Gasteiger partial charge is 0.369 e. The van der Waals surface area contributed by atoms with Gasteiger partial charge in [0.2, 0.25) is 5.91 Å². The van der Waals surface area contributed by atoms with Crippen molar-refractivity contribution in [2.24, 2.45) is 0 Å². The van der Waals surface area contributed by atoms with Crippen molar-refractivity contribution in [1.29, 1.82) is 0 Å². The molecule has 0 saturated carbocycles. The van der Waals surface area contributed by atoms with Crippen molar-refractivity contribution in [3.63, 3.8) is 0 Å². The van der Waals surface area contributed by atoms with Gasteiger partial charge in [-0.2, -0.15) is 0 Å². The number of carbonyl (C=O) groups is 1. The van der Waals surface area contributed by atoms with Crippen molar-refractivity contribution in [2.75, 3.05) is 44.2 Å². The molecule has 30 heavy (non-hydrogen) atoms. The molecule has 0 spiro atoms. The van der Waals surface area contributed by atoms with Crippen LogP contribution in [0.5, 0.6) is 0 Å². The van der Waals surface area contributed by atoms with Gasteiger partial charge in [-0.1, -0.05) is 30.3 Å². The summed E-state index contributed by atoms with van der Waals surface area (Å²) in [4.78, 5) is 34.0. The maximum atomic E-state index is 12.6. The summed E-state index contributed by atoms with van der Waals surface area (Å²) in [6.45, 7) is 7.18. The van der Waals surface area contributed by atoms with Gasteiger partial charge in [-0.3, -0.25) is 19.1 Å². The van der Waals surface area contributed by atoms with E-state index < -0.39 is 0 Å². The zero-order valence-electron chi connectivity index (χ0n) is 17.3. The Hall–Kier alpha value is -3.19. The van der Waals surface area contributed by atoms with Crippen LogP contribution in [-0.4, -0.2) is 59.6 Å². The lowest BCUT2D eigenvalue weighted by molar-refractivity contribution is -0.121. The molecular weight excluding hydrogens is 378 g/mol. The summed E-state index contributed by atoms with van der Waals surface area (Å²) in [7, 11) is 0. The Labute approximate surface area is 175 Å². The maximum absolute atomic E-state index is 12.6. The quantitative estimate of drug-likeness (QED) is 0.675. The van der Waals surface area contributed by atoms with E-state index in [0.717, 1.165) is 38.3 Å². The highest BCUT2D eigenvalue weighted by Crippen LogP contribution is 2.15. The minimum atomic E-state index is -0.184. The lowest BCUT2D eigenvalue weighted by Gasteiger charge is -2.36. The van der Waals surface area contributed by atoms with Gasteiger partial charge in [0.05, 0.1) is 17.2 Å². The van der Waals surface area contributed by atoms with Gasteiger partial charge in [-0.25, -0.2) is 4.98 Å². The molecule has 1 aliphatic rings. The molecule has 7 nitrogen and oxygen atoms in total. The van der Waals surface area contributed by atoms with E-state index in [4.69, 9.17) is 0 Å². The number of hydrogen-bond acceptors (Lipinski definition) is 5. The number of nitrogens with zero attached hydrogens (tertiary/aromatic N) is 4. The number of rotatable bonds is 6. The van der Waals surface area contributed by atoms with Gasteiger partial charge in [0.15, 0.2) is 0 Å². The van der Waals surface area contributed by atoms with Gasteiger partial charge in [-0.05, 0) is 30.7 Å². The van der Waals surface area contributed by atoms with Crippen LogP contribution in [0.1, 0.15) is 5.56 Å². The third-order valence-electron chi connectivity index (χ3n) is 5.61. The average Bonchev–Trinajstić information content (AvgIpc) is 2.77. The summed E-state index contributed by atoms with van der Waals surface area (Å²) < 4.78 is 1.37. The first-order chi connectivity index (χ1) is 14.6. The number of benzene rings is 2. The van der Waals surface area contributed by atoms with Crippen LogP contribution in [0, 0.1) is 6.92 Å². The number of aryl methyl sites for hydroxylation is 1. The zero-order chi connectivity index (χ0) is 20.9. The van der Waals surface area contributed by atoms with Crippen molar-refractivity contribution in [1.82, 2.24) is 19.8 Å². The van der Waals surface area contributed by atoms with Crippen molar-refractivity contribution in [3.05, 3.63) is 70.8 Å². The van der Waals surface area contributed by atoms with E-state index in [-0.39, 0.29) is 18.0 Å². The summed E-state index contributed by atoms with van der Waals surface area (Å²) in [5.41, 5.74) is 2.72. The van der Waals surface area contributed by atoms with Gasteiger partial charge in [0.25, 0.3) is 5.56 Å². The number of aromatic nitrogens is 2. The van der Waals surface area contributed by atoms with Crippen LogP contribution in [0.2, 0.25) is 0 Å². The number of hydrogen-bond donors (Lipinski definition) is 1. The Morgan fingerprint density at radius 3 is 2.57 bits per heavy atom. The highest BCUT2D eigenvalue weighted by atomic mass is 16.2. The molecule has 0 bridgehead atoms. The van der Waals surface area contributed by atoms with E-state index in [2.05, 4.69) is 44.4 Å². The molecule has 1 fully saturated rings. The van der Waals surface area contributed by atoms with Gasteiger partial charge in [0, 0.05) is 45.0 Å². The predicted molar refractivity (Wildman–Crippen MR) is 119 cm³/mol. The third kappa shape index (κ3) is 4.52. The number of para-hydroxylation sites is 2. The first kappa shape index (κ1) is 20.1. The second-order valence-electron chi connectivity index (χ2n) is 7.66. The lowest BCUT2D eigenvalue weighted by Crippen LogP contribution is -2.48. The fourth-order valence-corrected chi connectivity index (χ4v) is 3.88. The van der Waals surface area contributed by atoms with Gasteiger partial charge in [-0.15, -0.1) is 0 Å². The Morgan fingerprint density at radius 1 is 1.03 bits per heavy atom. The second-order valence-corrected chi connectivity index (χ2v) is 7.66. The maximum Gasteiger partial charge on any atom is 0.261 e. The molecule has 156 valence electrons. The third-order valence-corrected chi connectivity index (χ3v) is 5.61. The van der Waals surface area contributed by atoms with Crippen LogP contribution in [0.15, 0.2) is 59.7 Å². The fraction of sp³-hybridized carbons (Fsp3) is 0.348. The molecule has 4 rings (SSSR count). The molecular formula is C23H27N5O2. The fourth-order valence-electron chi connectivity index (χ4n) is 3.88. The Kier molecular flexibility index (Phi) is 6.09. The Balaban J connectivity index is 1.25. The van der Waals surface area contributed by atoms with E-state index in [1.165, 1.54) is 16.6 Å². The smallest absolute Gasteiger partial charge is 0.261 e. The number of amides is 1. The number of fused-ring (bicyclic) bond motifs is 1. The molecule has 0 atom stereocenters. The van der Waals surface area contributed by atoms with Crippen LogP contribution in [-0.2, 0) is 11.3 Å². The van der Waals surface area contributed by atoms with Gasteiger partial charge in [0.1, 0.15) is 6.54 Å². The van der Waals surface area contributed by atoms with Gasteiger partial charge < -0.3 is 10.2 Å². The van der Waals surface area contributed by atoms with E-state index >= 15 is 0 Å². The van der Waals surface area contributed by atoms with Crippen molar-refractivity contribution in [2.45, 2.75) is 13.5 Å². The van der Waals surface area contributed by atoms with Crippen molar-refractivity contribution >= 4 is 22.5 Å². The van der Waals surface area contributed by atoms with E-state index in [1.807, 2.05) is 25.1 Å². The Bertz CT molecular complexity index is 1070. The summed E-state index contributed by atoms with van der Waals surface area (Å²) in [6, 6.07) is 16.0. The molecule has 2 heterocycles. The molecule has 1 amide bonds. The van der Waals surface area contributed by atoms with Gasteiger partial charge >= 0.3 is 0 Å². The molecule has 2 aromatic carbocycles. The van der Waals surface area contributed by atoms with Crippen LogP contribution >= 0.6 is 0 Å². The van der Waals surface area contributed by atoms with Crippen LogP contribution in [0.4, 0.5) is 5.69 Å². The topological polar surface area (TPSA) is 70.5 Å². The van der Waals surface area contributed by atoms with E-state index in [0.29, 0.717) is 17.4 Å². The number of piperazine rings is 1. The number of anilines is 1. The molecule has 1 N–H and O–H groups in total.